The minimum Gasteiger partial charge on any atom is -0.295 e. The van der Waals surface area contributed by atoms with E-state index in [4.69, 9.17) is 16.9 Å². The minimum atomic E-state index is -0.326. The highest BCUT2D eigenvalue weighted by atomic mass is 35.5. The fourth-order valence-corrected chi connectivity index (χ4v) is 2.34. The Morgan fingerprint density at radius 3 is 2.60 bits per heavy atom. The maximum Gasteiger partial charge on any atom is 0.129 e. The molecular weight excluding hydrogens is 277 g/mol. The van der Waals surface area contributed by atoms with Crippen LogP contribution in [0.1, 0.15) is 11.4 Å². The van der Waals surface area contributed by atoms with Crippen molar-refractivity contribution in [1.82, 2.24) is 9.55 Å². The van der Waals surface area contributed by atoms with Crippen molar-refractivity contribution in [3.05, 3.63) is 59.7 Å². The number of halogens is 2. The lowest BCUT2D eigenvalue weighted by Crippen LogP contribution is -1.99. The van der Waals surface area contributed by atoms with Gasteiger partial charge in [-0.3, -0.25) is 4.57 Å². The van der Waals surface area contributed by atoms with Crippen LogP contribution in [0.2, 0.25) is 0 Å². The zero-order valence-corrected chi connectivity index (χ0v) is 11.1. The Morgan fingerprint density at radius 1 is 1.20 bits per heavy atom. The van der Waals surface area contributed by atoms with Crippen molar-refractivity contribution in [2.24, 2.45) is 0 Å². The zero-order valence-electron chi connectivity index (χ0n) is 10.3. The van der Waals surface area contributed by atoms with Crippen molar-refractivity contribution in [2.75, 3.05) is 0 Å². The summed E-state index contributed by atoms with van der Waals surface area (Å²) in [4.78, 5) is 4.39. The summed E-state index contributed by atoms with van der Waals surface area (Å²) < 4.78 is 15.2. The molecule has 0 spiro atoms. The number of nitrogens with zero attached hydrogens (tertiary/aromatic N) is 3. The van der Waals surface area contributed by atoms with E-state index >= 15 is 0 Å². The summed E-state index contributed by atoms with van der Waals surface area (Å²) in [6.45, 7) is 0. The van der Waals surface area contributed by atoms with Gasteiger partial charge in [0.2, 0.25) is 0 Å². The third-order valence-corrected chi connectivity index (χ3v) is 3.30. The van der Waals surface area contributed by atoms with Gasteiger partial charge in [0.25, 0.3) is 0 Å². The van der Waals surface area contributed by atoms with Gasteiger partial charge in [-0.25, -0.2) is 9.37 Å². The highest BCUT2D eigenvalue weighted by Gasteiger charge is 2.12. The number of aromatic nitrogens is 2. The van der Waals surface area contributed by atoms with Gasteiger partial charge in [-0.2, -0.15) is 5.26 Å². The predicted octanol–water partition coefficient (Wildman–Crippen LogP) is 3.78. The Hall–Kier alpha value is -2.38. The largest absolute Gasteiger partial charge is 0.295 e. The molecule has 0 fully saturated rings. The van der Waals surface area contributed by atoms with E-state index in [2.05, 4.69) is 11.1 Å². The fraction of sp³-hybridized carbons (Fsp3) is 0.0667. The summed E-state index contributed by atoms with van der Waals surface area (Å²) >= 11 is 5.92. The third kappa shape index (κ3) is 2.02. The van der Waals surface area contributed by atoms with E-state index in [1.165, 1.54) is 12.1 Å². The van der Waals surface area contributed by atoms with Crippen molar-refractivity contribution >= 4 is 22.6 Å². The molecule has 0 bridgehead atoms. The van der Waals surface area contributed by atoms with Gasteiger partial charge in [0.15, 0.2) is 0 Å². The van der Waals surface area contributed by atoms with Gasteiger partial charge in [0.05, 0.1) is 28.5 Å². The van der Waals surface area contributed by atoms with Crippen LogP contribution in [0.15, 0.2) is 42.5 Å². The lowest BCUT2D eigenvalue weighted by Gasteiger charge is -2.07. The molecule has 0 aliphatic heterocycles. The first-order valence-electron chi connectivity index (χ1n) is 5.96. The van der Waals surface area contributed by atoms with Crippen LogP contribution >= 0.6 is 11.6 Å². The van der Waals surface area contributed by atoms with Gasteiger partial charge in [0, 0.05) is 11.8 Å². The second-order valence-electron chi connectivity index (χ2n) is 4.29. The van der Waals surface area contributed by atoms with Gasteiger partial charge < -0.3 is 0 Å². The highest BCUT2D eigenvalue weighted by molar-refractivity contribution is 6.17. The molecule has 0 aliphatic carbocycles. The topological polar surface area (TPSA) is 41.6 Å². The monoisotopic (exact) mass is 285 g/mol. The van der Waals surface area contributed by atoms with Crippen molar-refractivity contribution < 1.29 is 4.39 Å². The highest BCUT2D eigenvalue weighted by Crippen LogP contribution is 2.23. The summed E-state index contributed by atoms with van der Waals surface area (Å²) in [5, 5.41) is 8.83. The molecule has 0 amide bonds. The number of hydrogen-bond donors (Lipinski definition) is 0. The summed E-state index contributed by atoms with van der Waals surface area (Å²) in [7, 11) is 0. The molecule has 3 nitrogen and oxygen atoms in total. The van der Waals surface area contributed by atoms with Gasteiger partial charge in [0.1, 0.15) is 11.6 Å². The van der Waals surface area contributed by atoms with Crippen molar-refractivity contribution in [1.29, 1.82) is 5.26 Å². The fourth-order valence-electron chi connectivity index (χ4n) is 2.16. The molecule has 0 unspecified atom stereocenters. The number of benzene rings is 2. The second-order valence-corrected chi connectivity index (χ2v) is 4.56. The summed E-state index contributed by atoms with van der Waals surface area (Å²) in [6, 6.07) is 13.5. The molecule has 98 valence electrons. The first kappa shape index (κ1) is 12.6. The molecule has 0 saturated carbocycles. The molecule has 2 aromatic carbocycles. The Balaban J connectivity index is 2.27. The maximum absolute atomic E-state index is 13.4. The van der Waals surface area contributed by atoms with Gasteiger partial charge in [-0.15, -0.1) is 11.6 Å². The van der Waals surface area contributed by atoms with Crippen LogP contribution in [0.3, 0.4) is 0 Å². The van der Waals surface area contributed by atoms with E-state index in [1.54, 1.807) is 34.9 Å². The smallest absolute Gasteiger partial charge is 0.129 e. The summed E-state index contributed by atoms with van der Waals surface area (Å²) in [5.74, 6) is 0.529. The Kier molecular flexibility index (Phi) is 3.13. The van der Waals surface area contributed by atoms with Crippen molar-refractivity contribution in [3.8, 4) is 11.8 Å². The van der Waals surface area contributed by atoms with E-state index < -0.39 is 0 Å². The first-order chi connectivity index (χ1) is 9.72. The minimum absolute atomic E-state index is 0.219. The van der Waals surface area contributed by atoms with Crippen LogP contribution in [0.5, 0.6) is 0 Å². The van der Waals surface area contributed by atoms with E-state index in [-0.39, 0.29) is 11.7 Å². The van der Waals surface area contributed by atoms with Crippen molar-refractivity contribution in [2.45, 2.75) is 5.88 Å². The van der Waals surface area contributed by atoms with Crippen LogP contribution in [-0.4, -0.2) is 9.55 Å². The number of nitriles is 1. The van der Waals surface area contributed by atoms with Crippen LogP contribution < -0.4 is 0 Å². The molecule has 20 heavy (non-hydrogen) atoms. The Morgan fingerprint density at radius 2 is 1.95 bits per heavy atom. The Labute approximate surface area is 119 Å². The average molecular weight is 286 g/mol. The molecule has 0 atom stereocenters. The molecule has 0 N–H and O–H groups in total. The zero-order chi connectivity index (χ0) is 14.1. The molecule has 1 heterocycles. The molecule has 5 heteroatoms. The molecule has 3 aromatic rings. The summed E-state index contributed by atoms with van der Waals surface area (Å²) in [6.07, 6.45) is 0. The van der Waals surface area contributed by atoms with Gasteiger partial charge in [-0.05, 0) is 36.4 Å². The standard InChI is InChI=1S/C15H9ClFN3/c16-8-15-19-13-6-3-11(17)7-14(13)20(15)12-4-1-10(9-18)2-5-12/h1-7H,8H2. The normalized spacial score (nSPS) is 10.7. The molecule has 3 rings (SSSR count). The number of fused-ring (bicyclic) bond motifs is 1. The van der Waals surface area contributed by atoms with Crippen LogP contribution in [0, 0.1) is 17.1 Å². The SMILES string of the molecule is N#Cc1ccc(-n2c(CCl)nc3ccc(F)cc32)cc1. The van der Waals surface area contributed by atoms with Gasteiger partial charge in [-0.1, -0.05) is 0 Å². The maximum atomic E-state index is 13.4. The quantitative estimate of drug-likeness (QED) is 0.673. The van der Waals surface area contributed by atoms with Crippen molar-refractivity contribution in [3.63, 3.8) is 0 Å². The van der Waals surface area contributed by atoms with E-state index in [0.717, 1.165) is 5.69 Å². The molecule has 0 radical (unpaired) electrons. The van der Waals surface area contributed by atoms with E-state index in [1.807, 2.05) is 0 Å². The third-order valence-electron chi connectivity index (χ3n) is 3.06. The molecule has 1 aromatic heterocycles. The molecular formula is C15H9ClFN3. The van der Waals surface area contributed by atoms with Crippen LogP contribution in [0.25, 0.3) is 16.7 Å². The Bertz CT molecular complexity index is 815. The predicted molar refractivity (Wildman–Crippen MR) is 75.3 cm³/mol. The average Bonchev–Trinajstić information content (AvgIpc) is 2.85. The van der Waals surface area contributed by atoms with E-state index in [0.29, 0.717) is 22.4 Å². The van der Waals surface area contributed by atoms with Crippen LogP contribution in [-0.2, 0) is 5.88 Å². The van der Waals surface area contributed by atoms with E-state index in [9.17, 15) is 4.39 Å². The lowest BCUT2D eigenvalue weighted by molar-refractivity contribution is 0.629. The number of imidazole rings is 1. The summed E-state index contributed by atoms with van der Waals surface area (Å²) in [5.41, 5.74) is 2.71. The second kappa shape index (κ2) is 4.95. The molecule has 0 saturated heterocycles. The van der Waals surface area contributed by atoms with Crippen LogP contribution in [0.4, 0.5) is 4.39 Å². The molecule has 0 aliphatic rings. The number of rotatable bonds is 2. The lowest BCUT2D eigenvalue weighted by atomic mass is 10.2. The van der Waals surface area contributed by atoms with Gasteiger partial charge >= 0.3 is 0 Å². The number of hydrogen-bond acceptors (Lipinski definition) is 2. The first-order valence-corrected chi connectivity index (χ1v) is 6.50. The number of alkyl halides is 1.